The summed E-state index contributed by atoms with van der Waals surface area (Å²) in [4.78, 5) is 7.89. The largest absolute Gasteiger partial charge is 0.437 e. The molecule has 0 atom stereocenters. The van der Waals surface area contributed by atoms with Crippen LogP contribution in [-0.4, -0.2) is 9.97 Å². The van der Waals surface area contributed by atoms with Crippen molar-refractivity contribution in [2.45, 2.75) is 6.92 Å². The second-order valence-electron chi connectivity index (χ2n) is 3.16. The summed E-state index contributed by atoms with van der Waals surface area (Å²) >= 11 is 9.10. The maximum atomic E-state index is 5.71. The Balaban J connectivity index is 2.34. The summed E-state index contributed by atoms with van der Waals surface area (Å²) in [5.41, 5.74) is 0.833. The zero-order valence-electron chi connectivity index (χ0n) is 8.45. The van der Waals surface area contributed by atoms with Gasteiger partial charge in [0.2, 0.25) is 11.2 Å². The lowest BCUT2D eigenvalue weighted by Crippen LogP contribution is -1.93. The molecule has 0 radical (unpaired) electrons. The van der Waals surface area contributed by atoms with Crippen LogP contribution in [0.1, 0.15) is 5.56 Å². The van der Waals surface area contributed by atoms with E-state index in [0.717, 1.165) is 10.0 Å². The van der Waals surface area contributed by atoms with Gasteiger partial charge >= 0.3 is 0 Å². The average molecular weight is 300 g/mol. The first kappa shape index (κ1) is 11.4. The van der Waals surface area contributed by atoms with Crippen molar-refractivity contribution in [1.29, 1.82) is 0 Å². The Morgan fingerprint density at radius 1 is 1.31 bits per heavy atom. The Bertz CT molecular complexity index is 519. The highest BCUT2D eigenvalue weighted by Gasteiger charge is 2.07. The number of benzene rings is 1. The Kier molecular flexibility index (Phi) is 3.41. The molecule has 2 aromatic rings. The molecule has 0 saturated heterocycles. The fourth-order valence-corrected chi connectivity index (χ4v) is 1.63. The first-order valence-electron chi connectivity index (χ1n) is 4.58. The van der Waals surface area contributed by atoms with Gasteiger partial charge in [-0.05, 0) is 46.6 Å². The number of hydrogen-bond acceptors (Lipinski definition) is 3. The molecule has 0 aliphatic heterocycles. The molecule has 0 spiro atoms. The minimum Gasteiger partial charge on any atom is -0.437 e. The summed E-state index contributed by atoms with van der Waals surface area (Å²) < 4.78 is 6.50. The van der Waals surface area contributed by atoms with Gasteiger partial charge in [-0.3, -0.25) is 0 Å². The Morgan fingerprint density at radius 2 is 2.06 bits per heavy atom. The van der Waals surface area contributed by atoms with Crippen LogP contribution in [0.3, 0.4) is 0 Å². The number of aryl methyl sites for hydroxylation is 1. The van der Waals surface area contributed by atoms with Crippen molar-refractivity contribution < 1.29 is 4.74 Å². The predicted molar refractivity (Wildman–Crippen MR) is 66.0 cm³/mol. The van der Waals surface area contributed by atoms with E-state index in [2.05, 4.69) is 25.9 Å². The van der Waals surface area contributed by atoms with Crippen LogP contribution in [-0.2, 0) is 0 Å². The van der Waals surface area contributed by atoms with Crippen LogP contribution in [0.4, 0.5) is 0 Å². The summed E-state index contributed by atoms with van der Waals surface area (Å²) in [7, 11) is 0. The monoisotopic (exact) mass is 298 g/mol. The Hall–Kier alpha value is -1.13. The maximum Gasteiger partial charge on any atom is 0.226 e. The number of aromatic nitrogens is 2. The lowest BCUT2D eigenvalue weighted by Gasteiger charge is -2.08. The SMILES string of the molecule is Cc1cnc(Cl)nc1Oc1ccccc1Br. The normalized spacial score (nSPS) is 10.2. The predicted octanol–water partition coefficient (Wildman–Crippen LogP) is 3.99. The van der Waals surface area contributed by atoms with Crippen molar-refractivity contribution in [1.82, 2.24) is 9.97 Å². The van der Waals surface area contributed by atoms with Gasteiger partial charge in [-0.2, -0.15) is 4.98 Å². The van der Waals surface area contributed by atoms with Gasteiger partial charge in [0.25, 0.3) is 0 Å². The van der Waals surface area contributed by atoms with Crippen LogP contribution in [0.5, 0.6) is 11.6 Å². The van der Waals surface area contributed by atoms with Crippen LogP contribution in [0.15, 0.2) is 34.9 Å². The highest BCUT2D eigenvalue weighted by molar-refractivity contribution is 9.10. The molecule has 3 nitrogen and oxygen atoms in total. The fraction of sp³-hybridized carbons (Fsp3) is 0.0909. The van der Waals surface area contributed by atoms with Crippen LogP contribution >= 0.6 is 27.5 Å². The van der Waals surface area contributed by atoms with E-state index in [0.29, 0.717) is 11.6 Å². The highest BCUT2D eigenvalue weighted by Crippen LogP contribution is 2.29. The molecule has 2 rings (SSSR count). The molecular formula is C11H8BrClN2O. The van der Waals surface area contributed by atoms with E-state index in [1.807, 2.05) is 31.2 Å². The molecule has 0 N–H and O–H groups in total. The van der Waals surface area contributed by atoms with Crippen LogP contribution < -0.4 is 4.74 Å². The number of halogens is 2. The molecule has 1 aromatic carbocycles. The number of para-hydroxylation sites is 1. The van der Waals surface area contributed by atoms with Crippen molar-refractivity contribution in [2.75, 3.05) is 0 Å². The van der Waals surface area contributed by atoms with E-state index in [4.69, 9.17) is 16.3 Å². The smallest absolute Gasteiger partial charge is 0.226 e. The molecule has 0 fully saturated rings. The molecule has 0 aliphatic carbocycles. The molecule has 0 unspecified atom stereocenters. The van der Waals surface area contributed by atoms with E-state index in [9.17, 15) is 0 Å². The maximum absolute atomic E-state index is 5.71. The number of nitrogens with zero attached hydrogens (tertiary/aromatic N) is 2. The summed E-state index contributed by atoms with van der Waals surface area (Å²) in [6, 6.07) is 7.54. The molecular weight excluding hydrogens is 291 g/mol. The summed E-state index contributed by atoms with van der Waals surface area (Å²) in [5, 5.41) is 0.174. The second kappa shape index (κ2) is 4.80. The van der Waals surface area contributed by atoms with Crippen molar-refractivity contribution >= 4 is 27.5 Å². The van der Waals surface area contributed by atoms with Gasteiger partial charge in [0.05, 0.1) is 4.47 Å². The van der Waals surface area contributed by atoms with Crippen molar-refractivity contribution in [2.24, 2.45) is 0 Å². The van der Waals surface area contributed by atoms with Gasteiger partial charge in [-0.1, -0.05) is 12.1 Å². The zero-order chi connectivity index (χ0) is 11.5. The molecule has 0 saturated carbocycles. The Labute approximate surface area is 107 Å². The lowest BCUT2D eigenvalue weighted by molar-refractivity contribution is 0.454. The molecule has 82 valence electrons. The van der Waals surface area contributed by atoms with Crippen LogP contribution in [0, 0.1) is 6.92 Å². The van der Waals surface area contributed by atoms with Gasteiger partial charge in [-0.15, -0.1) is 0 Å². The molecule has 16 heavy (non-hydrogen) atoms. The van der Waals surface area contributed by atoms with Crippen molar-refractivity contribution in [3.05, 3.63) is 45.8 Å². The Morgan fingerprint density at radius 3 is 2.81 bits per heavy atom. The summed E-state index contributed by atoms with van der Waals surface area (Å²) in [6.07, 6.45) is 1.63. The van der Waals surface area contributed by atoms with Crippen LogP contribution in [0.25, 0.3) is 0 Å². The quantitative estimate of drug-likeness (QED) is 0.786. The van der Waals surface area contributed by atoms with Crippen LogP contribution in [0.2, 0.25) is 5.28 Å². The van der Waals surface area contributed by atoms with Crippen molar-refractivity contribution in [3.63, 3.8) is 0 Å². The molecule has 0 amide bonds. The number of ether oxygens (including phenoxy) is 1. The zero-order valence-corrected chi connectivity index (χ0v) is 10.8. The average Bonchev–Trinajstić information content (AvgIpc) is 2.27. The van der Waals surface area contributed by atoms with E-state index < -0.39 is 0 Å². The standard InChI is InChI=1S/C11H8BrClN2O/c1-7-6-14-11(13)15-10(7)16-9-5-3-2-4-8(9)12/h2-6H,1H3. The van der Waals surface area contributed by atoms with Gasteiger partial charge in [-0.25, -0.2) is 4.98 Å². The van der Waals surface area contributed by atoms with E-state index >= 15 is 0 Å². The first-order valence-corrected chi connectivity index (χ1v) is 5.75. The molecule has 5 heteroatoms. The van der Waals surface area contributed by atoms with Gasteiger partial charge in [0.1, 0.15) is 5.75 Å². The fourth-order valence-electron chi connectivity index (χ4n) is 1.14. The third-order valence-corrected chi connectivity index (χ3v) is 2.78. The molecule has 1 heterocycles. The molecule has 0 aliphatic rings. The minimum atomic E-state index is 0.174. The van der Waals surface area contributed by atoms with Gasteiger partial charge < -0.3 is 4.74 Å². The van der Waals surface area contributed by atoms with E-state index in [1.54, 1.807) is 6.20 Å². The van der Waals surface area contributed by atoms with Crippen molar-refractivity contribution in [3.8, 4) is 11.6 Å². The highest BCUT2D eigenvalue weighted by atomic mass is 79.9. The van der Waals surface area contributed by atoms with Gasteiger partial charge in [0.15, 0.2) is 0 Å². The topological polar surface area (TPSA) is 35.0 Å². The third-order valence-electron chi connectivity index (χ3n) is 1.94. The lowest BCUT2D eigenvalue weighted by atomic mass is 10.3. The summed E-state index contributed by atoms with van der Waals surface area (Å²) in [6.45, 7) is 1.86. The second-order valence-corrected chi connectivity index (χ2v) is 4.35. The minimum absolute atomic E-state index is 0.174. The van der Waals surface area contributed by atoms with E-state index in [-0.39, 0.29) is 5.28 Å². The number of hydrogen-bond donors (Lipinski definition) is 0. The summed E-state index contributed by atoms with van der Waals surface area (Å²) in [5.74, 6) is 1.16. The molecule has 1 aromatic heterocycles. The number of rotatable bonds is 2. The molecule has 0 bridgehead atoms. The van der Waals surface area contributed by atoms with Gasteiger partial charge in [0, 0.05) is 11.8 Å². The first-order chi connectivity index (χ1) is 7.66. The third kappa shape index (κ3) is 2.51. The van der Waals surface area contributed by atoms with E-state index in [1.165, 1.54) is 0 Å².